The summed E-state index contributed by atoms with van der Waals surface area (Å²) in [6.07, 6.45) is -1.50. The lowest BCUT2D eigenvalue weighted by Crippen LogP contribution is -2.46. The molecule has 0 amide bonds. The molecule has 1 heterocycles. The molecule has 0 spiro atoms. The Hall–Kier alpha value is -1.48. The number of aliphatic hydroxyl groups is 1. The predicted octanol–water partition coefficient (Wildman–Crippen LogP) is 1.91. The van der Waals surface area contributed by atoms with Crippen molar-refractivity contribution in [1.29, 1.82) is 0 Å². The van der Waals surface area contributed by atoms with Crippen LogP contribution >= 0.6 is 0 Å². The fraction of sp³-hybridized carbons (Fsp3) is 0.588. The van der Waals surface area contributed by atoms with Crippen molar-refractivity contribution in [2.45, 2.75) is 62.9 Å². The average Bonchev–Trinajstić information content (AvgIpc) is 2.78. The second-order valence-electron chi connectivity index (χ2n) is 6.00. The van der Waals surface area contributed by atoms with Gasteiger partial charge in [-0.05, 0) is 32.4 Å². The number of esters is 1. The normalized spacial score (nSPS) is 26.6. The zero-order valence-electron chi connectivity index (χ0n) is 14.6. The summed E-state index contributed by atoms with van der Waals surface area (Å²) in [5.41, 5.74) is 0.884. The molecule has 7 nitrogen and oxygen atoms in total. The molecule has 1 fully saturated rings. The van der Waals surface area contributed by atoms with E-state index in [1.807, 2.05) is 13.8 Å². The predicted molar refractivity (Wildman–Crippen MR) is 89.2 cm³/mol. The second kappa shape index (κ2) is 7.82. The van der Waals surface area contributed by atoms with Crippen LogP contribution in [-0.2, 0) is 28.6 Å². The molecule has 0 unspecified atom stereocenters. The van der Waals surface area contributed by atoms with Crippen molar-refractivity contribution in [3.8, 4) is 0 Å². The van der Waals surface area contributed by atoms with Crippen molar-refractivity contribution in [2.75, 3.05) is 6.61 Å². The van der Waals surface area contributed by atoms with Crippen molar-refractivity contribution in [3.05, 3.63) is 29.8 Å². The Balaban J connectivity index is 2.24. The van der Waals surface area contributed by atoms with E-state index in [2.05, 4.69) is 0 Å². The van der Waals surface area contributed by atoms with E-state index < -0.39 is 34.1 Å². The summed E-state index contributed by atoms with van der Waals surface area (Å²) < 4.78 is 40.5. The number of carbonyl (C=O) groups is 1. The number of unbranched alkanes of at least 4 members (excludes halogenated alkanes) is 1. The summed E-state index contributed by atoms with van der Waals surface area (Å²) in [5, 5.41) is 10.5. The quantitative estimate of drug-likeness (QED) is 0.550. The number of benzene rings is 1. The molecule has 140 valence electrons. The van der Waals surface area contributed by atoms with Crippen LogP contribution in [0.3, 0.4) is 0 Å². The largest absolute Gasteiger partial charge is 0.428 e. The molecule has 0 bridgehead atoms. The SMILES string of the molecule is CCCC[C@]1(OCC)OC(=O)[C@@H](OS(=O)(=O)c2ccc(C)cc2)[C@H]1O. The van der Waals surface area contributed by atoms with Gasteiger partial charge in [0, 0.05) is 13.0 Å². The van der Waals surface area contributed by atoms with E-state index in [-0.39, 0.29) is 17.9 Å². The van der Waals surface area contributed by atoms with Crippen LogP contribution in [0.5, 0.6) is 0 Å². The molecular weight excluding hydrogens is 348 g/mol. The molecule has 1 aliphatic heterocycles. The van der Waals surface area contributed by atoms with Gasteiger partial charge in [0.15, 0.2) is 6.10 Å². The van der Waals surface area contributed by atoms with Gasteiger partial charge in [-0.1, -0.05) is 31.0 Å². The molecule has 3 atom stereocenters. The first kappa shape index (κ1) is 19.8. The molecule has 1 saturated heterocycles. The summed E-state index contributed by atoms with van der Waals surface area (Å²) in [4.78, 5) is 12.1. The molecule has 25 heavy (non-hydrogen) atoms. The first-order valence-corrected chi connectivity index (χ1v) is 9.71. The summed E-state index contributed by atoms with van der Waals surface area (Å²) in [5.74, 6) is -2.53. The van der Waals surface area contributed by atoms with E-state index in [1.165, 1.54) is 12.1 Å². The van der Waals surface area contributed by atoms with Gasteiger partial charge in [-0.15, -0.1) is 0 Å². The van der Waals surface area contributed by atoms with E-state index in [1.54, 1.807) is 19.1 Å². The summed E-state index contributed by atoms with van der Waals surface area (Å²) in [6.45, 7) is 5.66. The van der Waals surface area contributed by atoms with Gasteiger partial charge in [0.05, 0.1) is 4.90 Å². The summed E-state index contributed by atoms with van der Waals surface area (Å²) in [7, 11) is -4.23. The van der Waals surface area contributed by atoms with Crippen LogP contribution in [0.15, 0.2) is 29.2 Å². The van der Waals surface area contributed by atoms with E-state index in [0.29, 0.717) is 6.42 Å². The fourth-order valence-corrected chi connectivity index (χ4v) is 3.73. The van der Waals surface area contributed by atoms with Gasteiger partial charge < -0.3 is 14.6 Å². The van der Waals surface area contributed by atoms with Crippen LogP contribution < -0.4 is 0 Å². The lowest BCUT2D eigenvalue weighted by Gasteiger charge is -2.30. The van der Waals surface area contributed by atoms with Gasteiger partial charge in [0.1, 0.15) is 0 Å². The number of aryl methyl sites for hydroxylation is 1. The zero-order valence-corrected chi connectivity index (χ0v) is 15.4. The highest BCUT2D eigenvalue weighted by Crippen LogP contribution is 2.36. The smallest absolute Gasteiger partial charge is 0.342 e. The maximum absolute atomic E-state index is 12.4. The van der Waals surface area contributed by atoms with E-state index in [4.69, 9.17) is 13.7 Å². The van der Waals surface area contributed by atoms with Crippen molar-refractivity contribution in [1.82, 2.24) is 0 Å². The minimum absolute atomic E-state index is 0.0967. The van der Waals surface area contributed by atoms with Gasteiger partial charge in [-0.25, -0.2) is 8.98 Å². The van der Waals surface area contributed by atoms with Crippen LogP contribution in [0.1, 0.15) is 38.7 Å². The number of rotatable bonds is 8. The van der Waals surface area contributed by atoms with E-state index in [9.17, 15) is 18.3 Å². The number of hydrogen-bond acceptors (Lipinski definition) is 7. The lowest BCUT2D eigenvalue weighted by molar-refractivity contribution is -0.245. The van der Waals surface area contributed by atoms with E-state index >= 15 is 0 Å². The molecule has 1 N–H and O–H groups in total. The second-order valence-corrected chi connectivity index (χ2v) is 7.57. The maximum atomic E-state index is 12.4. The Labute approximate surface area is 148 Å². The van der Waals surface area contributed by atoms with Crippen molar-refractivity contribution in [2.24, 2.45) is 0 Å². The number of aliphatic hydroxyl groups excluding tert-OH is 1. The molecule has 8 heteroatoms. The van der Waals surface area contributed by atoms with Gasteiger partial charge >= 0.3 is 5.97 Å². The standard InChI is InChI=1S/C17H24O7S/c1-4-6-11-17(22-5-2)15(18)14(16(19)23-17)24-25(20,21)13-9-7-12(3)8-10-13/h7-10,14-15,18H,4-6,11H2,1-3H3/t14-,15+,17-/m0/s1. The topological polar surface area (TPSA) is 99.1 Å². The lowest BCUT2D eigenvalue weighted by atomic mass is 10.0. The van der Waals surface area contributed by atoms with Crippen molar-refractivity contribution < 1.29 is 32.0 Å². The Morgan fingerprint density at radius 2 is 1.88 bits per heavy atom. The van der Waals surface area contributed by atoms with Gasteiger partial charge in [0.25, 0.3) is 10.1 Å². The average molecular weight is 372 g/mol. The number of cyclic esters (lactones) is 1. The van der Waals surface area contributed by atoms with Crippen molar-refractivity contribution >= 4 is 16.1 Å². The molecule has 0 aromatic heterocycles. The highest BCUT2D eigenvalue weighted by atomic mass is 32.2. The number of hydrogen-bond donors (Lipinski definition) is 1. The minimum atomic E-state index is -4.23. The van der Waals surface area contributed by atoms with E-state index in [0.717, 1.165) is 12.0 Å². The first-order chi connectivity index (χ1) is 11.8. The maximum Gasteiger partial charge on any atom is 0.342 e. The van der Waals surface area contributed by atoms with Crippen LogP contribution in [0, 0.1) is 6.92 Å². The molecule has 0 saturated carbocycles. The minimum Gasteiger partial charge on any atom is -0.428 e. The molecule has 0 aliphatic carbocycles. The fourth-order valence-electron chi connectivity index (χ4n) is 2.69. The third-order valence-electron chi connectivity index (χ3n) is 4.05. The molecule has 0 radical (unpaired) electrons. The molecular formula is C17H24O7S. The Kier molecular flexibility index (Phi) is 6.21. The Morgan fingerprint density at radius 1 is 1.24 bits per heavy atom. The highest BCUT2D eigenvalue weighted by Gasteiger charge is 2.58. The molecule has 1 aromatic carbocycles. The summed E-state index contributed by atoms with van der Waals surface area (Å²) in [6, 6.07) is 5.99. The highest BCUT2D eigenvalue weighted by molar-refractivity contribution is 7.86. The number of ether oxygens (including phenoxy) is 2. The third-order valence-corrected chi connectivity index (χ3v) is 5.36. The van der Waals surface area contributed by atoms with Gasteiger partial charge in [0.2, 0.25) is 11.9 Å². The Bertz CT molecular complexity index is 698. The Morgan fingerprint density at radius 3 is 2.44 bits per heavy atom. The molecule has 2 rings (SSSR count). The van der Waals surface area contributed by atoms with Crippen LogP contribution in [-0.4, -0.2) is 44.1 Å². The summed E-state index contributed by atoms with van der Waals surface area (Å²) >= 11 is 0. The third kappa shape index (κ3) is 4.20. The molecule has 1 aliphatic rings. The van der Waals surface area contributed by atoms with Gasteiger partial charge in [-0.3, -0.25) is 0 Å². The molecule has 1 aromatic rings. The zero-order chi connectivity index (χ0) is 18.7. The monoisotopic (exact) mass is 372 g/mol. The van der Waals surface area contributed by atoms with Crippen LogP contribution in [0.25, 0.3) is 0 Å². The van der Waals surface area contributed by atoms with Crippen LogP contribution in [0.2, 0.25) is 0 Å². The first-order valence-electron chi connectivity index (χ1n) is 8.30. The number of carbonyl (C=O) groups excluding carboxylic acids is 1. The van der Waals surface area contributed by atoms with Crippen LogP contribution in [0.4, 0.5) is 0 Å². The van der Waals surface area contributed by atoms with Crippen molar-refractivity contribution in [3.63, 3.8) is 0 Å². The van der Waals surface area contributed by atoms with Gasteiger partial charge in [-0.2, -0.15) is 8.42 Å².